The van der Waals surface area contributed by atoms with Crippen molar-refractivity contribution in [3.05, 3.63) is 0 Å². The van der Waals surface area contributed by atoms with Crippen LogP contribution < -0.4 is 0 Å². The summed E-state index contributed by atoms with van der Waals surface area (Å²) >= 11 is 0. The largest absolute Gasteiger partial charge is 0.479 e. The molecule has 15 heavy (non-hydrogen) atoms. The normalized spacial score (nSPS) is 12.9. The van der Waals surface area contributed by atoms with Crippen LogP contribution >= 0.6 is 0 Å². The van der Waals surface area contributed by atoms with Crippen LogP contribution in [-0.2, 0) is 14.3 Å². The number of ether oxygens (including phenoxy) is 1. The molecule has 0 amide bonds. The predicted molar refractivity (Wildman–Crippen MR) is 52.7 cm³/mol. The van der Waals surface area contributed by atoms with E-state index in [1.807, 2.05) is 0 Å². The molecule has 0 saturated carbocycles. The van der Waals surface area contributed by atoms with Gasteiger partial charge in [0, 0.05) is 0 Å². The van der Waals surface area contributed by atoms with Crippen LogP contribution in [0.3, 0.4) is 0 Å². The third kappa shape index (κ3) is 3.65. The molecule has 0 aliphatic carbocycles. The van der Waals surface area contributed by atoms with Gasteiger partial charge in [0.25, 0.3) is 0 Å². The van der Waals surface area contributed by atoms with E-state index in [2.05, 4.69) is 15.0 Å². The van der Waals surface area contributed by atoms with Gasteiger partial charge in [0.2, 0.25) is 0 Å². The van der Waals surface area contributed by atoms with Gasteiger partial charge < -0.3 is 9.84 Å². The highest BCUT2D eigenvalue weighted by Crippen LogP contribution is 2.17. The zero-order chi connectivity index (χ0) is 12.3. The van der Waals surface area contributed by atoms with E-state index >= 15 is 0 Å². The van der Waals surface area contributed by atoms with Crippen molar-refractivity contribution < 1.29 is 19.4 Å². The first kappa shape index (κ1) is 13.5. The lowest BCUT2D eigenvalue weighted by Gasteiger charge is -2.18. The summed E-state index contributed by atoms with van der Waals surface area (Å²) < 4.78 is 4.50. The molecule has 0 aliphatic rings. The fourth-order valence-corrected chi connectivity index (χ4v) is 0.583. The first-order valence-corrected chi connectivity index (χ1v) is 4.39. The van der Waals surface area contributed by atoms with Crippen molar-refractivity contribution in [3.8, 4) is 0 Å². The molecule has 0 unspecified atom stereocenters. The lowest BCUT2D eigenvalue weighted by Crippen LogP contribution is -2.33. The Morgan fingerprint density at radius 2 is 1.47 bits per heavy atom. The molecule has 0 aromatic rings. The smallest absolute Gasteiger partial charge is 0.335 e. The molecule has 0 heterocycles. The summed E-state index contributed by atoms with van der Waals surface area (Å²) in [6.45, 7) is 5.79. The minimum absolute atomic E-state index is 0.563. The first-order chi connectivity index (χ1) is 6.63. The number of methoxy groups -OCH3 is 1. The average molecular weight is 216 g/mol. The highest BCUT2D eigenvalue weighted by atomic mass is 16.5. The Morgan fingerprint density at radius 3 is 1.80 bits per heavy atom. The number of carboxylic acid groups (broad SMARTS) is 1. The van der Waals surface area contributed by atoms with E-state index in [1.54, 1.807) is 0 Å². The molecule has 1 N–H and O–H groups in total. The highest BCUT2D eigenvalue weighted by Gasteiger charge is 2.32. The second kappa shape index (κ2) is 4.37. The Labute approximate surface area is 88.3 Å². The maximum Gasteiger partial charge on any atom is 0.335 e. The molecular formula is C9H16N2O4. The van der Waals surface area contributed by atoms with Crippen LogP contribution in [0.4, 0.5) is 0 Å². The zero-order valence-electron chi connectivity index (χ0n) is 9.57. The Hall–Kier alpha value is -1.46. The van der Waals surface area contributed by atoms with Crippen molar-refractivity contribution in [2.45, 2.75) is 38.8 Å². The van der Waals surface area contributed by atoms with Crippen molar-refractivity contribution in [1.82, 2.24) is 0 Å². The molecule has 0 spiro atoms. The fraction of sp³-hybridized carbons (Fsp3) is 0.778. The molecule has 0 rings (SSSR count). The predicted octanol–water partition coefficient (Wildman–Crippen LogP) is 1.25. The summed E-state index contributed by atoms with van der Waals surface area (Å²) in [5.74, 6) is -1.67. The van der Waals surface area contributed by atoms with E-state index in [-0.39, 0.29) is 0 Å². The lowest BCUT2D eigenvalue weighted by molar-refractivity contribution is -0.146. The van der Waals surface area contributed by atoms with Gasteiger partial charge in [0.1, 0.15) is 0 Å². The zero-order valence-corrected chi connectivity index (χ0v) is 9.57. The number of esters is 1. The molecular weight excluding hydrogens is 200 g/mol. The monoisotopic (exact) mass is 216 g/mol. The number of carbonyl (C=O) groups excluding carboxylic acids is 1. The summed E-state index contributed by atoms with van der Waals surface area (Å²) in [5, 5.41) is 16.1. The number of hydrogen-bond donors (Lipinski definition) is 1. The van der Waals surface area contributed by atoms with Crippen LogP contribution in [0.5, 0.6) is 0 Å². The minimum atomic E-state index is -1.34. The molecule has 0 atom stereocenters. The van der Waals surface area contributed by atoms with E-state index < -0.39 is 23.0 Å². The van der Waals surface area contributed by atoms with Gasteiger partial charge in [-0.05, 0) is 27.7 Å². The number of carbonyl (C=O) groups is 2. The lowest BCUT2D eigenvalue weighted by atomic mass is 10.1. The number of rotatable bonds is 4. The van der Waals surface area contributed by atoms with E-state index in [4.69, 9.17) is 5.11 Å². The number of hydrogen-bond acceptors (Lipinski definition) is 5. The Morgan fingerprint density at radius 1 is 1.07 bits per heavy atom. The van der Waals surface area contributed by atoms with Gasteiger partial charge in [-0.25, -0.2) is 9.59 Å². The topological polar surface area (TPSA) is 88.3 Å². The van der Waals surface area contributed by atoms with Crippen LogP contribution in [-0.4, -0.2) is 35.2 Å². The van der Waals surface area contributed by atoms with Crippen molar-refractivity contribution in [2.75, 3.05) is 7.11 Å². The van der Waals surface area contributed by atoms with E-state index in [0.29, 0.717) is 0 Å². The van der Waals surface area contributed by atoms with Crippen LogP contribution in [0, 0.1) is 0 Å². The molecule has 6 heteroatoms. The third-order valence-electron chi connectivity index (χ3n) is 1.76. The maximum absolute atomic E-state index is 11.2. The van der Waals surface area contributed by atoms with Crippen LogP contribution in [0.15, 0.2) is 10.2 Å². The molecule has 0 aromatic heterocycles. The van der Waals surface area contributed by atoms with E-state index in [1.165, 1.54) is 34.8 Å². The second-order valence-corrected chi connectivity index (χ2v) is 4.11. The standard InChI is InChI=1S/C9H16N2O4/c1-8(2,6(12)13)10-11-9(3,4)7(14)15-5/h1-5H3,(H,12,13)/b11-10+. The number of carboxylic acids is 1. The van der Waals surface area contributed by atoms with Gasteiger partial charge in [-0.2, -0.15) is 10.2 Å². The highest BCUT2D eigenvalue weighted by molar-refractivity contribution is 5.80. The van der Waals surface area contributed by atoms with Gasteiger partial charge >= 0.3 is 11.9 Å². The van der Waals surface area contributed by atoms with Gasteiger partial charge in [0.15, 0.2) is 11.1 Å². The van der Waals surface area contributed by atoms with Gasteiger partial charge in [-0.3, -0.25) is 0 Å². The van der Waals surface area contributed by atoms with Crippen LogP contribution in [0.1, 0.15) is 27.7 Å². The van der Waals surface area contributed by atoms with Crippen LogP contribution in [0.25, 0.3) is 0 Å². The molecule has 6 nitrogen and oxygen atoms in total. The fourth-order valence-electron chi connectivity index (χ4n) is 0.583. The Kier molecular flexibility index (Phi) is 3.95. The minimum Gasteiger partial charge on any atom is -0.479 e. The molecule has 0 aromatic carbocycles. The summed E-state index contributed by atoms with van der Waals surface area (Å²) in [6, 6.07) is 0. The SMILES string of the molecule is COC(=O)C(C)(C)/N=N/C(C)(C)C(=O)O. The molecule has 0 radical (unpaired) electrons. The Bertz CT molecular complexity index is 294. The molecule has 86 valence electrons. The molecule has 0 bridgehead atoms. The van der Waals surface area contributed by atoms with Crippen molar-refractivity contribution >= 4 is 11.9 Å². The number of aliphatic carboxylic acids is 1. The summed E-state index contributed by atoms with van der Waals surface area (Å²) in [7, 11) is 1.24. The number of azo groups is 1. The quantitative estimate of drug-likeness (QED) is 0.565. The van der Waals surface area contributed by atoms with E-state index in [9.17, 15) is 9.59 Å². The van der Waals surface area contributed by atoms with Gasteiger partial charge in [-0.1, -0.05) is 0 Å². The molecule has 0 fully saturated rings. The summed E-state index contributed by atoms with van der Waals surface area (Å²) in [5.41, 5.74) is -2.51. The first-order valence-electron chi connectivity index (χ1n) is 4.39. The van der Waals surface area contributed by atoms with E-state index in [0.717, 1.165) is 0 Å². The van der Waals surface area contributed by atoms with Crippen LogP contribution in [0.2, 0.25) is 0 Å². The van der Waals surface area contributed by atoms with Crippen molar-refractivity contribution in [2.24, 2.45) is 10.2 Å². The molecule has 0 saturated heterocycles. The third-order valence-corrected chi connectivity index (χ3v) is 1.76. The maximum atomic E-state index is 11.2. The Balaban J connectivity index is 4.80. The van der Waals surface area contributed by atoms with Crippen molar-refractivity contribution in [1.29, 1.82) is 0 Å². The van der Waals surface area contributed by atoms with Gasteiger partial charge in [0.05, 0.1) is 7.11 Å². The average Bonchev–Trinajstić information content (AvgIpc) is 2.13. The second-order valence-electron chi connectivity index (χ2n) is 4.11. The van der Waals surface area contributed by atoms with Gasteiger partial charge in [-0.15, -0.1) is 0 Å². The van der Waals surface area contributed by atoms with Crippen molar-refractivity contribution in [3.63, 3.8) is 0 Å². The summed E-state index contributed by atoms with van der Waals surface area (Å²) in [4.78, 5) is 21.9. The molecule has 0 aliphatic heterocycles. The summed E-state index contributed by atoms with van der Waals surface area (Å²) in [6.07, 6.45) is 0. The number of nitrogens with zero attached hydrogens (tertiary/aromatic N) is 2.